The largest absolute Gasteiger partial charge is 0.347 e. The second-order valence-electron chi connectivity index (χ2n) is 5.58. The first kappa shape index (κ1) is 14.7. The molecule has 6 nitrogen and oxygen atoms in total. The van der Waals surface area contributed by atoms with Crippen molar-refractivity contribution in [3.05, 3.63) is 42.7 Å². The summed E-state index contributed by atoms with van der Waals surface area (Å²) in [5.74, 6) is -0.107. The lowest BCUT2D eigenvalue weighted by Crippen LogP contribution is -2.47. The first-order valence-corrected chi connectivity index (χ1v) is 7.74. The molecule has 116 valence electrons. The van der Waals surface area contributed by atoms with E-state index in [1.807, 2.05) is 16.8 Å². The van der Waals surface area contributed by atoms with E-state index in [1.54, 1.807) is 24.8 Å². The fourth-order valence-corrected chi connectivity index (χ4v) is 2.84. The molecule has 2 aromatic rings. The molecular weight excluding hydrogens is 278 g/mol. The Morgan fingerprint density at radius 2 is 2.36 bits per heavy atom. The number of pyridine rings is 1. The SMILES string of the molecule is CCN1CCC[C@H](NC(=O)c2cc(-n3ccnc3)ccn2)C1. The Kier molecular flexibility index (Phi) is 4.48. The van der Waals surface area contributed by atoms with Crippen LogP contribution in [0.4, 0.5) is 0 Å². The molecule has 0 aliphatic carbocycles. The van der Waals surface area contributed by atoms with Gasteiger partial charge in [0, 0.05) is 31.2 Å². The number of aromatic nitrogens is 3. The summed E-state index contributed by atoms with van der Waals surface area (Å²) in [4.78, 5) is 23.0. The molecule has 3 heterocycles. The molecule has 0 saturated carbocycles. The van der Waals surface area contributed by atoms with Gasteiger partial charge in [0.25, 0.3) is 5.91 Å². The van der Waals surface area contributed by atoms with E-state index in [4.69, 9.17) is 0 Å². The Hall–Kier alpha value is -2.21. The number of hydrogen-bond acceptors (Lipinski definition) is 4. The van der Waals surface area contributed by atoms with Gasteiger partial charge in [-0.2, -0.15) is 0 Å². The molecule has 22 heavy (non-hydrogen) atoms. The maximum absolute atomic E-state index is 12.4. The summed E-state index contributed by atoms with van der Waals surface area (Å²) < 4.78 is 1.86. The Morgan fingerprint density at radius 1 is 1.45 bits per heavy atom. The highest BCUT2D eigenvalue weighted by Crippen LogP contribution is 2.12. The third-order valence-corrected chi connectivity index (χ3v) is 4.07. The normalized spacial score (nSPS) is 19.0. The van der Waals surface area contributed by atoms with Crippen LogP contribution in [0.15, 0.2) is 37.1 Å². The molecule has 1 amide bonds. The third-order valence-electron chi connectivity index (χ3n) is 4.07. The van der Waals surface area contributed by atoms with Crippen molar-refractivity contribution in [1.82, 2.24) is 24.8 Å². The predicted molar refractivity (Wildman–Crippen MR) is 84.0 cm³/mol. The Labute approximate surface area is 130 Å². The van der Waals surface area contributed by atoms with Crippen LogP contribution in [0.5, 0.6) is 0 Å². The van der Waals surface area contributed by atoms with Gasteiger partial charge >= 0.3 is 0 Å². The Bertz CT molecular complexity index is 625. The molecule has 1 atom stereocenters. The fraction of sp³-hybridized carbons (Fsp3) is 0.438. The molecule has 0 aromatic carbocycles. The minimum Gasteiger partial charge on any atom is -0.347 e. The highest BCUT2D eigenvalue weighted by molar-refractivity contribution is 5.92. The molecule has 0 unspecified atom stereocenters. The standard InChI is InChI=1S/C16H21N5O/c1-2-20-8-3-4-13(11-20)19-16(22)15-10-14(5-6-18-15)21-9-7-17-12-21/h5-7,9-10,12-13H,2-4,8,11H2,1H3,(H,19,22)/t13-/m0/s1. The van der Waals surface area contributed by atoms with E-state index < -0.39 is 0 Å². The monoisotopic (exact) mass is 299 g/mol. The first-order chi connectivity index (χ1) is 10.8. The summed E-state index contributed by atoms with van der Waals surface area (Å²) in [6.45, 7) is 5.22. The summed E-state index contributed by atoms with van der Waals surface area (Å²) in [6, 6.07) is 3.86. The minimum absolute atomic E-state index is 0.107. The van der Waals surface area contributed by atoms with Crippen molar-refractivity contribution in [2.75, 3.05) is 19.6 Å². The zero-order valence-corrected chi connectivity index (χ0v) is 12.8. The molecular formula is C16H21N5O. The zero-order chi connectivity index (χ0) is 15.4. The molecule has 0 bridgehead atoms. The number of likely N-dealkylation sites (N-methyl/N-ethyl adjacent to an activating group) is 1. The number of hydrogen-bond donors (Lipinski definition) is 1. The maximum Gasteiger partial charge on any atom is 0.270 e. The van der Waals surface area contributed by atoms with Crippen LogP contribution in [-0.4, -0.2) is 51.0 Å². The van der Waals surface area contributed by atoms with Gasteiger partial charge in [0.2, 0.25) is 0 Å². The third kappa shape index (κ3) is 3.33. The van der Waals surface area contributed by atoms with Crippen molar-refractivity contribution in [2.24, 2.45) is 0 Å². The van der Waals surface area contributed by atoms with E-state index in [1.165, 1.54) is 0 Å². The summed E-state index contributed by atoms with van der Waals surface area (Å²) in [5.41, 5.74) is 1.33. The van der Waals surface area contributed by atoms with Crippen molar-refractivity contribution in [1.29, 1.82) is 0 Å². The lowest BCUT2D eigenvalue weighted by atomic mass is 10.1. The van der Waals surface area contributed by atoms with Crippen LogP contribution in [0, 0.1) is 0 Å². The molecule has 1 N–H and O–H groups in total. The van der Waals surface area contributed by atoms with Crippen molar-refractivity contribution < 1.29 is 4.79 Å². The highest BCUT2D eigenvalue weighted by atomic mass is 16.1. The van der Waals surface area contributed by atoms with Crippen LogP contribution in [0.3, 0.4) is 0 Å². The van der Waals surface area contributed by atoms with Gasteiger partial charge in [0.1, 0.15) is 5.69 Å². The molecule has 0 spiro atoms. The van der Waals surface area contributed by atoms with Crippen LogP contribution >= 0.6 is 0 Å². The molecule has 1 aliphatic rings. The molecule has 1 aliphatic heterocycles. The molecule has 0 radical (unpaired) electrons. The van der Waals surface area contributed by atoms with Gasteiger partial charge in [-0.25, -0.2) is 4.98 Å². The van der Waals surface area contributed by atoms with Gasteiger partial charge in [-0.15, -0.1) is 0 Å². The average Bonchev–Trinajstić information content (AvgIpc) is 3.09. The Balaban J connectivity index is 1.68. The molecule has 1 saturated heterocycles. The van der Waals surface area contributed by atoms with E-state index in [2.05, 4.69) is 27.1 Å². The zero-order valence-electron chi connectivity index (χ0n) is 12.8. The summed E-state index contributed by atoms with van der Waals surface area (Å²) >= 11 is 0. The topological polar surface area (TPSA) is 63.1 Å². The summed E-state index contributed by atoms with van der Waals surface area (Å²) in [6.07, 6.45) is 9.07. The molecule has 1 fully saturated rings. The van der Waals surface area contributed by atoms with Crippen LogP contribution < -0.4 is 5.32 Å². The van der Waals surface area contributed by atoms with Crippen LogP contribution in [0.2, 0.25) is 0 Å². The molecule has 6 heteroatoms. The highest BCUT2D eigenvalue weighted by Gasteiger charge is 2.21. The van der Waals surface area contributed by atoms with E-state index in [0.717, 1.165) is 38.2 Å². The van der Waals surface area contributed by atoms with Gasteiger partial charge < -0.3 is 14.8 Å². The number of amides is 1. The van der Waals surface area contributed by atoms with Gasteiger partial charge in [0.15, 0.2) is 0 Å². The van der Waals surface area contributed by atoms with Crippen LogP contribution in [0.25, 0.3) is 5.69 Å². The average molecular weight is 299 g/mol. The number of piperidine rings is 1. The van der Waals surface area contributed by atoms with Crippen molar-refractivity contribution >= 4 is 5.91 Å². The first-order valence-electron chi connectivity index (χ1n) is 7.74. The smallest absolute Gasteiger partial charge is 0.270 e. The number of imidazole rings is 1. The van der Waals surface area contributed by atoms with Crippen molar-refractivity contribution in [3.63, 3.8) is 0 Å². The number of nitrogens with one attached hydrogen (secondary N) is 1. The van der Waals surface area contributed by atoms with Crippen LogP contribution in [0.1, 0.15) is 30.3 Å². The predicted octanol–water partition coefficient (Wildman–Crippen LogP) is 1.48. The second kappa shape index (κ2) is 6.70. The van der Waals surface area contributed by atoms with E-state index in [9.17, 15) is 4.79 Å². The van der Waals surface area contributed by atoms with E-state index in [0.29, 0.717) is 5.69 Å². The van der Waals surface area contributed by atoms with Crippen molar-refractivity contribution in [3.8, 4) is 5.69 Å². The lowest BCUT2D eigenvalue weighted by molar-refractivity contribution is 0.0901. The van der Waals surface area contributed by atoms with Crippen LogP contribution in [-0.2, 0) is 0 Å². The molecule has 3 rings (SSSR count). The summed E-state index contributed by atoms with van der Waals surface area (Å²) in [5, 5.41) is 3.10. The van der Waals surface area contributed by atoms with Crippen molar-refractivity contribution in [2.45, 2.75) is 25.8 Å². The van der Waals surface area contributed by atoms with Gasteiger partial charge in [-0.05, 0) is 38.1 Å². The Morgan fingerprint density at radius 3 is 3.14 bits per heavy atom. The number of rotatable bonds is 4. The second-order valence-corrected chi connectivity index (χ2v) is 5.58. The minimum atomic E-state index is -0.107. The van der Waals surface area contributed by atoms with Gasteiger partial charge in [-0.1, -0.05) is 6.92 Å². The maximum atomic E-state index is 12.4. The number of nitrogens with zero attached hydrogens (tertiary/aromatic N) is 4. The van der Waals surface area contributed by atoms with Gasteiger partial charge in [0.05, 0.1) is 12.0 Å². The number of carbonyl (C=O) groups is 1. The lowest BCUT2D eigenvalue weighted by Gasteiger charge is -2.32. The number of carbonyl (C=O) groups excluding carboxylic acids is 1. The quantitative estimate of drug-likeness (QED) is 0.929. The number of likely N-dealkylation sites (tertiary alicyclic amines) is 1. The van der Waals surface area contributed by atoms with E-state index >= 15 is 0 Å². The van der Waals surface area contributed by atoms with Gasteiger partial charge in [-0.3, -0.25) is 9.78 Å². The van der Waals surface area contributed by atoms with E-state index in [-0.39, 0.29) is 11.9 Å². The summed E-state index contributed by atoms with van der Waals surface area (Å²) in [7, 11) is 0. The fourth-order valence-electron chi connectivity index (χ4n) is 2.84. The molecule has 2 aromatic heterocycles.